The van der Waals surface area contributed by atoms with Crippen molar-refractivity contribution in [3.63, 3.8) is 0 Å². The number of nitrogens with one attached hydrogen (secondary N) is 2. The summed E-state index contributed by atoms with van der Waals surface area (Å²) < 4.78 is 58.6. The highest BCUT2D eigenvalue weighted by Crippen LogP contribution is 2.44. The number of fused-ring (bicyclic) bond motifs is 3. The molecule has 0 spiro atoms. The quantitative estimate of drug-likeness (QED) is 0.172. The molecule has 1 saturated carbocycles. The summed E-state index contributed by atoms with van der Waals surface area (Å²) in [5, 5.41) is 14.1. The number of imide groups is 1. The maximum absolute atomic E-state index is 16.0. The van der Waals surface area contributed by atoms with Gasteiger partial charge in [-0.2, -0.15) is 10.2 Å². The standard InChI is InChI=1S/C41H44F3N11O4/c1-23(2)59-34-17-35-47-32(21-53(35)20-28(34)39(57)48-31-18-46-55-12-4-11-45-38(31)55)25-7-5-24(6-8-25)19-52-13-9-29(41(43,44)22-52)26-16-33-27(15-30(26)42)37(50-51(33)3)54-14-10-36(56)49-40(54)58/h4,11-12,15-18,20-21,23-25,29H,5-10,13-14,19,22H2,1-3H3,(H,48,57)(H,49,56,58)/t24?,25?,29-/m1/s1. The summed E-state index contributed by atoms with van der Waals surface area (Å²) in [5.74, 6) is -5.05. The third-order valence-corrected chi connectivity index (χ3v) is 11.8. The lowest BCUT2D eigenvalue weighted by molar-refractivity contribution is -0.120. The molecule has 6 aromatic rings. The van der Waals surface area contributed by atoms with Gasteiger partial charge in [0.1, 0.15) is 22.9 Å². The zero-order valence-electron chi connectivity index (χ0n) is 32.9. The van der Waals surface area contributed by atoms with Gasteiger partial charge in [-0.3, -0.25) is 29.4 Å². The van der Waals surface area contributed by atoms with E-state index >= 15 is 13.2 Å². The monoisotopic (exact) mass is 811 g/mol. The van der Waals surface area contributed by atoms with E-state index in [0.717, 1.165) is 31.4 Å². The highest BCUT2D eigenvalue weighted by molar-refractivity contribution is 6.09. The van der Waals surface area contributed by atoms with Crippen LogP contribution in [0.2, 0.25) is 0 Å². The molecule has 0 unspecified atom stereocenters. The number of nitrogens with zero attached hydrogens (tertiary/aromatic N) is 9. The smallest absolute Gasteiger partial charge is 0.329 e. The van der Waals surface area contributed by atoms with Crippen LogP contribution in [0.3, 0.4) is 0 Å². The molecule has 1 aromatic carbocycles. The average Bonchev–Trinajstić information content (AvgIpc) is 3.89. The number of aryl methyl sites for hydroxylation is 1. The van der Waals surface area contributed by atoms with E-state index in [9.17, 15) is 14.4 Å². The molecule has 2 saturated heterocycles. The fraction of sp³-hybridized carbons (Fsp3) is 0.439. The number of piperidine rings is 1. The number of likely N-dealkylation sites (tertiary alicyclic amines) is 1. The van der Waals surface area contributed by atoms with Gasteiger partial charge in [0.15, 0.2) is 11.5 Å². The molecule has 2 N–H and O–H groups in total. The van der Waals surface area contributed by atoms with Crippen molar-refractivity contribution in [2.24, 2.45) is 13.0 Å². The summed E-state index contributed by atoms with van der Waals surface area (Å²) in [6.45, 7) is 4.34. The van der Waals surface area contributed by atoms with Crippen molar-refractivity contribution in [1.82, 2.24) is 44.0 Å². The Kier molecular flexibility index (Phi) is 9.76. The summed E-state index contributed by atoms with van der Waals surface area (Å²) >= 11 is 0. The number of ether oxygens (including phenoxy) is 1. The summed E-state index contributed by atoms with van der Waals surface area (Å²) in [7, 11) is 1.62. The number of alkyl halides is 2. The van der Waals surface area contributed by atoms with E-state index in [-0.39, 0.29) is 54.6 Å². The number of hydrogen-bond acceptors (Lipinski definition) is 9. The maximum atomic E-state index is 16.0. The van der Waals surface area contributed by atoms with E-state index in [1.807, 2.05) is 29.3 Å². The minimum absolute atomic E-state index is 0.0668. The van der Waals surface area contributed by atoms with Gasteiger partial charge in [0.05, 0.1) is 41.5 Å². The highest BCUT2D eigenvalue weighted by Gasteiger charge is 2.47. The van der Waals surface area contributed by atoms with Gasteiger partial charge in [-0.1, -0.05) is 0 Å². The zero-order chi connectivity index (χ0) is 41.2. The summed E-state index contributed by atoms with van der Waals surface area (Å²) in [5.41, 5.74) is 3.25. The number of hydrogen-bond donors (Lipinski definition) is 2. The van der Waals surface area contributed by atoms with Crippen molar-refractivity contribution in [3.05, 3.63) is 77.9 Å². The molecule has 3 fully saturated rings. The first kappa shape index (κ1) is 38.5. The van der Waals surface area contributed by atoms with E-state index in [1.54, 1.807) is 48.5 Å². The van der Waals surface area contributed by atoms with Crippen LogP contribution in [0.1, 0.15) is 85.8 Å². The number of halogens is 3. The Bertz CT molecular complexity index is 2610. The minimum Gasteiger partial charge on any atom is -0.490 e. The molecule has 3 aliphatic rings. The lowest BCUT2D eigenvalue weighted by Crippen LogP contribution is -2.49. The normalized spacial score (nSPS) is 21.5. The molecule has 2 aliphatic heterocycles. The molecule has 0 bridgehead atoms. The van der Waals surface area contributed by atoms with Crippen molar-refractivity contribution in [3.8, 4) is 5.75 Å². The van der Waals surface area contributed by atoms with Gasteiger partial charge in [0.2, 0.25) is 5.91 Å². The van der Waals surface area contributed by atoms with Crippen LogP contribution in [-0.4, -0.2) is 94.7 Å². The Morgan fingerprint density at radius 1 is 1.08 bits per heavy atom. The first-order valence-electron chi connectivity index (χ1n) is 20.0. The largest absolute Gasteiger partial charge is 0.490 e. The molecule has 1 aliphatic carbocycles. The Morgan fingerprint density at radius 3 is 2.66 bits per heavy atom. The zero-order valence-corrected chi connectivity index (χ0v) is 32.9. The fourth-order valence-corrected chi connectivity index (χ4v) is 8.92. The molecule has 1 atom stereocenters. The number of rotatable bonds is 9. The van der Waals surface area contributed by atoms with Gasteiger partial charge in [0.25, 0.3) is 11.8 Å². The van der Waals surface area contributed by atoms with Gasteiger partial charge in [-0.15, -0.1) is 0 Å². The van der Waals surface area contributed by atoms with Crippen LogP contribution in [0.15, 0.2) is 55.2 Å². The molecule has 7 heterocycles. The number of anilines is 2. The Labute approximate surface area is 336 Å². The third kappa shape index (κ3) is 7.34. The lowest BCUT2D eigenvalue weighted by Gasteiger charge is -2.41. The van der Waals surface area contributed by atoms with Crippen LogP contribution < -0.4 is 20.3 Å². The Morgan fingerprint density at radius 2 is 1.90 bits per heavy atom. The van der Waals surface area contributed by atoms with Gasteiger partial charge in [0, 0.05) is 68.7 Å². The SMILES string of the molecule is CC(C)Oc1cc2nc(C3CCC(CN4CC[C@H](c5cc6c(cc5F)c(N5CCC(=O)NC5=O)nn6C)C(F)(F)C4)CC3)cn2cc1C(=O)Nc1cnn2cccnc12. The number of carbonyl (C=O) groups excluding carboxylic acids is 3. The topological polar surface area (TPSA) is 156 Å². The molecular formula is C41H44F3N11O4. The van der Waals surface area contributed by atoms with Crippen molar-refractivity contribution < 1.29 is 32.3 Å². The van der Waals surface area contributed by atoms with Crippen LogP contribution in [0.4, 0.5) is 29.5 Å². The number of urea groups is 1. The molecular weight excluding hydrogens is 768 g/mol. The molecule has 0 radical (unpaired) electrons. The van der Waals surface area contributed by atoms with E-state index in [0.29, 0.717) is 52.3 Å². The van der Waals surface area contributed by atoms with Gasteiger partial charge in [-0.05, 0) is 82.2 Å². The Hall–Kier alpha value is -6.04. The van der Waals surface area contributed by atoms with E-state index in [4.69, 9.17) is 9.72 Å². The van der Waals surface area contributed by atoms with Gasteiger partial charge < -0.3 is 14.5 Å². The Balaban J connectivity index is 0.844. The van der Waals surface area contributed by atoms with Crippen LogP contribution in [0.5, 0.6) is 5.75 Å². The molecule has 59 heavy (non-hydrogen) atoms. The van der Waals surface area contributed by atoms with E-state index in [2.05, 4.69) is 25.8 Å². The molecule has 9 rings (SSSR count). The number of amides is 4. The first-order valence-corrected chi connectivity index (χ1v) is 20.0. The molecule has 18 heteroatoms. The molecule has 5 aromatic heterocycles. The number of carbonyl (C=O) groups is 3. The van der Waals surface area contributed by atoms with Crippen LogP contribution >= 0.6 is 0 Å². The number of aromatic nitrogens is 7. The second kappa shape index (κ2) is 15.0. The fourth-order valence-electron chi connectivity index (χ4n) is 8.92. The van der Waals surface area contributed by atoms with E-state index < -0.39 is 36.1 Å². The second-order valence-corrected chi connectivity index (χ2v) is 16.2. The third-order valence-electron chi connectivity index (χ3n) is 11.8. The first-order chi connectivity index (χ1) is 28.3. The van der Waals surface area contributed by atoms with Crippen molar-refractivity contribution >= 4 is 51.5 Å². The average molecular weight is 812 g/mol. The number of benzene rings is 1. The van der Waals surface area contributed by atoms with Crippen LogP contribution in [0.25, 0.3) is 22.2 Å². The summed E-state index contributed by atoms with van der Waals surface area (Å²) in [6.07, 6.45) is 12.0. The van der Waals surface area contributed by atoms with Crippen LogP contribution in [0, 0.1) is 11.7 Å². The highest BCUT2D eigenvalue weighted by atomic mass is 19.3. The van der Waals surface area contributed by atoms with Crippen LogP contribution in [-0.2, 0) is 11.8 Å². The lowest BCUT2D eigenvalue weighted by atomic mass is 9.79. The molecule has 308 valence electrons. The van der Waals surface area contributed by atoms with Crippen molar-refractivity contribution in [2.75, 3.05) is 36.4 Å². The van der Waals surface area contributed by atoms with Gasteiger partial charge in [-0.25, -0.2) is 32.4 Å². The number of imidazole rings is 1. The van der Waals surface area contributed by atoms with Gasteiger partial charge >= 0.3 is 6.03 Å². The summed E-state index contributed by atoms with van der Waals surface area (Å²) in [4.78, 5) is 50.1. The second-order valence-electron chi connectivity index (χ2n) is 16.2. The number of pyridine rings is 1. The van der Waals surface area contributed by atoms with Crippen molar-refractivity contribution in [2.45, 2.75) is 76.2 Å². The molecule has 4 amide bonds. The maximum Gasteiger partial charge on any atom is 0.329 e. The predicted octanol–water partition coefficient (Wildman–Crippen LogP) is 6.29. The summed E-state index contributed by atoms with van der Waals surface area (Å²) in [6, 6.07) is 5.48. The van der Waals surface area contributed by atoms with Crippen molar-refractivity contribution in [1.29, 1.82) is 0 Å². The van der Waals surface area contributed by atoms with E-state index in [1.165, 1.54) is 21.7 Å². The molecule has 15 nitrogen and oxygen atoms in total. The minimum atomic E-state index is -3.17. The predicted molar refractivity (Wildman–Crippen MR) is 212 cm³/mol.